The molecule has 5 aliphatic rings. The van der Waals surface area contributed by atoms with Crippen LogP contribution in [0.4, 0.5) is 0 Å². The molecule has 0 N–H and O–H groups in total. The maximum absolute atomic E-state index is 13.3. The Morgan fingerprint density at radius 1 is 1.00 bits per heavy atom. The molecule has 25 heavy (non-hydrogen) atoms. The molecular weight excluding hydrogens is 324 g/mol. The average molecular weight is 361 g/mol. The van der Waals surface area contributed by atoms with Crippen molar-refractivity contribution in [2.24, 2.45) is 39.9 Å². The Hall–Kier alpha value is -0.153. The molecule has 0 radical (unpaired) electrons. The Balaban J connectivity index is 1.46. The lowest BCUT2D eigenvalue weighted by molar-refractivity contribution is -0.152. The van der Waals surface area contributed by atoms with Crippen LogP contribution in [0.15, 0.2) is 0 Å². The molecule has 2 nitrogen and oxygen atoms in total. The molecule has 0 amide bonds. The van der Waals surface area contributed by atoms with Crippen LogP contribution in [0.3, 0.4) is 0 Å². The first-order valence-electron chi connectivity index (χ1n) is 10.8. The lowest BCUT2D eigenvalue weighted by Crippen LogP contribution is -2.56. The highest BCUT2D eigenvalue weighted by molar-refractivity contribution is 6.69. The molecule has 0 aliphatic heterocycles. The van der Waals surface area contributed by atoms with Gasteiger partial charge in [0.15, 0.2) is 8.32 Å². The number of carbonyl (C=O) groups excluding carboxylic acids is 1. The van der Waals surface area contributed by atoms with E-state index < -0.39 is 8.32 Å². The van der Waals surface area contributed by atoms with Gasteiger partial charge >= 0.3 is 0 Å². The standard InChI is InChI=1S/C22H36O2Si/c1-20-10-9-17-15(16(20)6-7-19(20)24-25(3,4)5)12-18(23)22-13-14(22)8-11-21(17,22)2/h14-17,19H,6-13H2,1-5H3/t14?,15-,16-,17-,19-,20-,21+,22?/m0/s1. The number of carbonyl (C=O) groups is 1. The maximum atomic E-state index is 13.3. The normalized spacial score (nSPS) is 56.8. The van der Waals surface area contributed by atoms with Gasteiger partial charge in [0.1, 0.15) is 5.78 Å². The molecule has 0 saturated heterocycles. The topological polar surface area (TPSA) is 26.3 Å². The molecule has 5 aliphatic carbocycles. The minimum atomic E-state index is -1.51. The Morgan fingerprint density at radius 3 is 2.44 bits per heavy atom. The SMILES string of the molecule is C[C@]12CC[C@H]3[C@@H](CC(=O)C45CC4CC[C@]35C)[C@@H]1CC[C@@H]2O[Si](C)(C)C. The molecular formula is C22H36O2Si. The second-order valence-corrected chi connectivity index (χ2v) is 16.1. The van der Waals surface area contributed by atoms with Crippen molar-refractivity contribution >= 4 is 14.1 Å². The lowest BCUT2D eigenvalue weighted by atomic mass is 9.46. The smallest absolute Gasteiger partial charge is 0.184 e. The molecule has 0 aromatic rings. The Kier molecular flexibility index (Phi) is 3.27. The highest BCUT2D eigenvalue weighted by Crippen LogP contribution is 2.80. The fraction of sp³-hybridized carbons (Fsp3) is 0.955. The Morgan fingerprint density at radius 2 is 1.76 bits per heavy atom. The van der Waals surface area contributed by atoms with Crippen molar-refractivity contribution in [3.63, 3.8) is 0 Å². The lowest BCUT2D eigenvalue weighted by Gasteiger charge is -2.58. The Bertz CT molecular complexity index is 624. The van der Waals surface area contributed by atoms with E-state index in [2.05, 4.69) is 33.5 Å². The third-order valence-corrected chi connectivity index (χ3v) is 10.7. The molecule has 8 atom stereocenters. The second-order valence-electron chi connectivity index (χ2n) is 11.7. The van der Waals surface area contributed by atoms with Crippen LogP contribution in [0.5, 0.6) is 0 Å². The van der Waals surface area contributed by atoms with Crippen molar-refractivity contribution in [1.29, 1.82) is 0 Å². The molecule has 0 heterocycles. The van der Waals surface area contributed by atoms with Crippen LogP contribution in [-0.4, -0.2) is 20.2 Å². The van der Waals surface area contributed by atoms with Crippen LogP contribution in [0, 0.1) is 39.9 Å². The first-order chi connectivity index (χ1) is 11.6. The highest BCUT2D eigenvalue weighted by atomic mass is 28.4. The molecule has 0 bridgehead atoms. The predicted molar refractivity (Wildman–Crippen MR) is 103 cm³/mol. The number of ketones is 1. The second kappa shape index (κ2) is 4.81. The number of fused-ring (bicyclic) bond motifs is 4. The van der Waals surface area contributed by atoms with Crippen LogP contribution in [-0.2, 0) is 9.22 Å². The highest BCUT2D eigenvalue weighted by Gasteiger charge is 2.77. The van der Waals surface area contributed by atoms with Gasteiger partial charge in [-0.15, -0.1) is 0 Å². The van der Waals surface area contributed by atoms with Gasteiger partial charge in [0.25, 0.3) is 0 Å². The molecule has 0 aromatic heterocycles. The zero-order valence-corrected chi connectivity index (χ0v) is 17.9. The third kappa shape index (κ3) is 1.98. The van der Waals surface area contributed by atoms with E-state index >= 15 is 0 Å². The van der Waals surface area contributed by atoms with Crippen LogP contribution >= 0.6 is 0 Å². The minimum absolute atomic E-state index is 0.134. The van der Waals surface area contributed by atoms with Gasteiger partial charge in [-0.1, -0.05) is 13.8 Å². The number of rotatable bonds is 2. The van der Waals surface area contributed by atoms with Gasteiger partial charge in [0, 0.05) is 11.8 Å². The minimum Gasteiger partial charge on any atom is -0.414 e. The van der Waals surface area contributed by atoms with Crippen LogP contribution < -0.4 is 0 Å². The number of hydrogen-bond acceptors (Lipinski definition) is 2. The van der Waals surface area contributed by atoms with E-state index in [1.54, 1.807) is 0 Å². The number of Topliss-reactive ketones (excluding diaryl/α,β-unsaturated/α-hetero) is 1. The van der Waals surface area contributed by atoms with Gasteiger partial charge in [-0.25, -0.2) is 0 Å². The van der Waals surface area contributed by atoms with E-state index in [0.717, 1.165) is 24.2 Å². The molecule has 3 heteroatoms. The summed E-state index contributed by atoms with van der Waals surface area (Å²) in [4.78, 5) is 13.3. The first kappa shape index (κ1) is 17.0. The molecule has 5 rings (SSSR count). The quantitative estimate of drug-likeness (QED) is 0.614. The summed E-state index contributed by atoms with van der Waals surface area (Å²) in [6, 6.07) is 0. The number of hydrogen-bond donors (Lipinski definition) is 0. The third-order valence-electron chi connectivity index (χ3n) is 9.72. The van der Waals surface area contributed by atoms with E-state index in [1.807, 2.05) is 0 Å². The van der Waals surface area contributed by atoms with Crippen LogP contribution in [0.1, 0.15) is 65.2 Å². The molecule has 140 valence electrons. The van der Waals surface area contributed by atoms with Crippen molar-refractivity contribution in [3.8, 4) is 0 Å². The summed E-state index contributed by atoms with van der Waals surface area (Å²) in [5, 5.41) is 0. The van der Waals surface area contributed by atoms with Crippen LogP contribution in [0.2, 0.25) is 19.6 Å². The summed E-state index contributed by atoms with van der Waals surface area (Å²) in [7, 11) is -1.51. The predicted octanol–water partition coefficient (Wildman–Crippen LogP) is 5.43. The summed E-state index contributed by atoms with van der Waals surface area (Å²) in [5.74, 6) is 3.60. The fourth-order valence-corrected chi connectivity index (χ4v) is 9.82. The van der Waals surface area contributed by atoms with Crippen molar-refractivity contribution in [2.75, 3.05) is 0 Å². The van der Waals surface area contributed by atoms with Crippen molar-refractivity contribution in [1.82, 2.24) is 0 Å². The van der Waals surface area contributed by atoms with Gasteiger partial charge in [-0.3, -0.25) is 4.79 Å². The van der Waals surface area contributed by atoms with E-state index in [0.29, 0.717) is 28.6 Å². The zero-order chi connectivity index (χ0) is 17.8. The molecule has 5 fully saturated rings. The summed E-state index contributed by atoms with van der Waals surface area (Å²) in [5.41, 5.74) is 0.787. The average Bonchev–Trinajstić information content (AvgIpc) is 3.06. The molecule has 2 unspecified atom stereocenters. The summed E-state index contributed by atoms with van der Waals surface area (Å²) < 4.78 is 6.67. The molecule has 1 spiro atoms. The van der Waals surface area contributed by atoms with E-state index in [1.165, 1.54) is 44.9 Å². The van der Waals surface area contributed by atoms with Gasteiger partial charge in [-0.2, -0.15) is 0 Å². The largest absolute Gasteiger partial charge is 0.414 e. The van der Waals surface area contributed by atoms with E-state index in [-0.39, 0.29) is 5.41 Å². The fourth-order valence-electron chi connectivity index (χ4n) is 8.58. The van der Waals surface area contributed by atoms with Crippen molar-refractivity contribution < 1.29 is 9.22 Å². The maximum Gasteiger partial charge on any atom is 0.184 e. The van der Waals surface area contributed by atoms with Gasteiger partial charge in [0.2, 0.25) is 0 Å². The van der Waals surface area contributed by atoms with Gasteiger partial charge < -0.3 is 4.43 Å². The van der Waals surface area contributed by atoms with Crippen molar-refractivity contribution in [3.05, 3.63) is 0 Å². The van der Waals surface area contributed by atoms with Gasteiger partial charge in [0.05, 0.1) is 6.10 Å². The Labute approximate surface area is 154 Å². The summed E-state index contributed by atoms with van der Waals surface area (Å²) >= 11 is 0. The van der Waals surface area contributed by atoms with Crippen molar-refractivity contribution in [2.45, 2.75) is 91.0 Å². The first-order valence-corrected chi connectivity index (χ1v) is 14.2. The molecule has 5 saturated carbocycles. The van der Waals surface area contributed by atoms with E-state index in [9.17, 15) is 4.79 Å². The van der Waals surface area contributed by atoms with E-state index in [4.69, 9.17) is 4.43 Å². The summed E-state index contributed by atoms with van der Waals surface area (Å²) in [6.07, 6.45) is 10.4. The van der Waals surface area contributed by atoms with Gasteiger partial charge in [-0.05, 0) is 99.1 Å². The zero-order valence-electron chi connectivity index (χ0n) is 16.9. The molecule has 0 aromatic carbocycles. The monoisotopic (exact) mass is 360 g/mol. The van der Waals surface area contributed by atoms with Crippen LogP contribution in [0.25, 0.3) is 0 Å². The summed E-state index contributed by atoms with van der Waals surface area (Å²) in [6.45, 7) is 12.0.